The van der Waals surface area contributed by atoms with E-state index in [0.29, 0.717) is 0 Å². The van der Waals surface area contributed by atoms with Gasteiger partial charge in [0, 0.05) is 6.07 Å². The lowest BCUT2D eigenvalue weighted by molar-refractivity contribution is -0.144. The van der Waals surface area contributed by atoms with E-state index in [0.717, 1.165) is 18.2 Å². The van der Waals surface area contributed by atoms with Crippen LogP contribution in [-0.4, -0.2) is 32.4 Å². The highest BCUT2D eigenvalue weighted by molar-refractivity contribution is 7.89. The largest absolute Gasteiger partial charge is 0.479 e. The van der Waals surface area contributed by atoms with Gasteiger partial charge in [-0.3, -0.25) is 4.79 Å². The Hall–Kier alpha value is -2.72. The Kier molecular flexibility index (Phi) is 5.19. The number of furan rings is 1. The predicted octanol–water partition coefficient (Wildman–Crippen LogP) is 1.37. The number of aliphatic carboxylic acids is 1. The second-order valence-electron chi connectivity index (χ2n) is 5.63. The van der Waals surface area contributed by atoms with Crippen molar-refractivity contribution in [2.24, 2.45) is 0 Å². The van der Waals surface area contributed by atoms with Gasteiger partial charge in [-0.05, 0) is 38.6 Å². The Morgan fingerprint density at radius 2 is 1.81 bits per heavy atom. The second kappa shape index (κ2) is 6.89. The molecule has 1 aromatic heterocycles. The first-order chi connectivity index (χ1) is 12.0. The van der Waals surface area contributed by atoms with E-state index in [-0.39, 0.29) is 16.9 Å². The number of carbonyl (C=O) groups is 2. The third kappa shape index (κ3) is 3.60. The summed E-state index contributed by atoms with van der Waals surface area (Å²) >= 11 is 0. The number of aryl methyl sites for hydroxylation is 1. The molecule has 0 bridgehead atoms. The summed E-state index contributed by atoms with van der Waals surface area (Å²) in [6, 6.07) is 5.63. The number of amides is 1. The van der Waals surface area contributed by atoms with Gasteiger partial charge in [0.25, 0.3) is 15.9 Å². The summed E-state index contributed by atoms with van der Waals surface area (Å²) in [6.07, 6.45) is 0. The van der Waals surface area contributed by atoms with Gasteiger partial charge < -0.3 is 14.8 Å². The Morgan fingerprint density at radius 3 is 2.31 bits per heavy atom. The standard InChI is InChI=1S/C16H17FN2O6S/c1-9-12(8-13(25-9)26(23,24)18-3)14(20)19-16(2,15(21)22)10-4-6-11(17)7-5-10/h4-8,18H,1-3H3,(H,19,20)(H,21,22). The first kappa shape index (κ1) is 19.6. The lowest BCUT2D eigenvalue weighted by atomic mass is 9.91. The van der Waals surface area contributed by atoms with E-state index in [4.69, 9.17) is 4.42 Å². The minimum atomic E-state index is -3.90. The van der Waals surface area contributed by atoms with Gasteiger partial charge in [0.05, 0.1) is 5.56 Å². The Balaban J connectivity index is 2.40. The van der Waals surface area contributed by atoms with E-state index < -0.39 is 38.3 Å². The number of carboxylic acid groups (broad SMARTS) is 1. The molecule has 0 aliphatic rings. The van der Waals surface area contributed by atoms with E-state index in [1.165, 1.54) is 33.0 Å². The smallest absolute Gasteiger partial charge is 0.333 e. The SMILES string of the molecule is CNS(=O)(=O)c1cc(C(=O)NC(C)(C(=O)O)c2ccc(F)cc2)c(C)o1. The normalized spacial score (nSPS) is 13.8. The molecule has 1 aromatic carbocycles. The Labute approximate surface area is 149 Å². The third-order valence-corrected chi connectivity index (χ3v) is 5.15. The molecule has 10 heteroatoms. The zero-order chi connectivity index (χ0) is 19.7. The van der Waals surface area contributed by atoms with Crippen LogP contribution in [-0.2, 0) is 20.4 Å². The first-order valence-electron chi connectivity index (χ1n) is 7.37. The fourth-order valence-corrected chi connectivity index (χ4v) is 2.95. The fourth-order valence-electron chi connectivity index (χ4n) is 2.24. The number of benzene rings is 1. The van der Waals surface area contributed by atoms with Gasteiger partial charge in [-0.2, -0.15) is 0 Å². The quantitative estimate of drug-likeness (QED) is 0.691. The summed E-state index contributed by atoms with van der Waals surface area (Å²) in [7, 11) is -2.72. The summed E-state index contributed by atoms with van der Waals surface area (Å²) in [6.45, 7) is 2.61. The minimum Gasteiger partial charge on any atom is -0.479 e. The molecule has 1 unspecified atom stereocenters. The average molecular weight is 384 g/mol. The van der Waals surface area contributed by atoms with Crippen LogP contribution in [0.1, 0.15) is 28.6 Å². The average Bonchev–Trinajstić information content (AvgIpc) is 2.98. The van der Waals surface area contributed by atoms with Crippen LogP contribution in [0.25, 0.3) is 0 Å². The molecule has 1 atom stereocenters. The van der Waals surface area contributed by atoms with Crippen LogP contribution in [0.5, 0.6) is 0 Å². The molecule has 2 aromatic rings. The van der Waals surface area contributed by atoms with E-state index >= 15 is 0 Å². The maximum Gasteiger partial charge on any atom is 0.333 e. The van der Waals surface area contributed by atoms with Crippen molar-refractivity contribution in [3.63, 3.8) is 0 Å². The molecule has 1 heterocycles. The second-order valence-corrected chi connectivity index (χ2v) is 7.45. The van der Waals surface area contributed by atoms with Crippen LogP contribution in [0.3, 0.4) is 0 Å². The number of halogens is 1. The maximum absolute atomic E-state index is 13.1. The van der Waals surface area contributed by atoms with Gasteiger partial charge in [-0.25, -0.2) is 22.3 Å². The number of sulfonamides is 1. The van der Waals surface area contributed by atoms with E-state index in [2.05, 4.69) is 10.0 Å². The van der Waals surface area contributed by atoms with Crippen LogP contribution >= 0.6 is 0 Å². The van der Waals surface area contributed by atoms with Gasteiger partial charge in [-0.15, -0.1) is 0 Å². The highest BCUT2D eigenvalue weighted by Crippen LogP contribution is 2.24. The van der Waals surface area contributed by atoms with Gasteiger partial charge in [0.15, 0.2) is 5.54 Å². The van der Waals surface area contributed by atoms with Crippen molar-refractivity contribution in [2.75, 3.05) is 7.05 Å². The molecular weight excluding hydrogens is 367 g/mol. The molecule has 0 saturated heterocycles. The zero-order valence-corrected chi connectivity index (χ0v) is 15.0. The molecule has 140 valence electrons. The van der Waals surface area contributed by atoms with Crippen molar-refractivity contribution in [1.29, 1.82) is 0 Å². The van der Waals surface area contributed by atoms with Crippen molar-refractivity contribution < 1.29 is 31.9 Å². The topological polar surface area (TPSA) is 126 Å². The number of nitrogens with one attached hydrogen (secondary N) is 2. The fraction of sp³-hybridized carbons (Fsp3) is 0.250. The summed E-state index contributed by atoms with van der Waals surface area (Å²) in [5.41, 5.74) is -1.85. The summed E-state index contributed by atoms with van der Waals surface area (Å²) < 4.78 is 43.8. The van der Waals surface area contributed by atoms with Crippen molar-refractivity contribution in [2.45, 2.75) is 24.5 Å². The molecule has 0 radical (unpaired) electrons. The zero-order valence-electron chi connectivity index (χ0n) is 14.2. The number of rotatable bonds is 6. The number of carbonyl (C=O) groups excluding carboxylic acids is 1. The minimum absolute atomic E-state index is 0.00294. The van der Waals surface area contributed by atoms with Crippen molar-refractivity contribution in [1.82, 2.24) is 10.0 Å². The maximum atomic E-state index is 13.1. The first-order valence-corrected chi connectivity index (χ1v) is 8.85. The molecular formula is C16H17FN2O6S. The highest BCUT2D eigenvalue weighted by Gasteiger charge is 2.38. The number of carboxylic acids is 1. The molecule has 26 heavy (non-hydrogen) atoms. The van der Waals surface area contributed by atoms with Crippen LogP contribution < -0.4 is 10.0 Å². The molecule has 2 rings (SSSR count). The van der Waals surface area contributed by atoms with Gasteiger partial charge in [-0.1, -0.05) is 12.1 Å². The lowest BCUT2D eigenvalue weighted by Crippen LogP contribution is -2.49. The van der Waals surface area contributed by atoms with E-state index in [1.54, 1.807) is 0 Å². The Bertz CT molecular complexity index is 952. The van der Waals surface area contributed by atoms with Crippen LogP contribution in [0.4, 0.5) is 4.39 Å². The third-order valence-electron chi connectivity index (χ3n) is 3.89. The molecule has 1 amide bonds. The van der Waals surface area contributed by atoms with Crippen LogP contribution in [0, 0.1) is 12.7 Å². The van der Waals surface area contributed by atoms with Gasteiger partial charge in [0.1, 0.15) is 11.6 Å². The van der Waals surface area contributed by atoms with Gasteiger partial charge >= 0.3 is 5.97 Å². The van der Waals surface area contributed by atoms with E-state index in [9.17, 15) is 27.5 Å². The van der Waals surface area contributed by atoms with Crippen molar-refractivity contribution >= 4 is 21.9 Å². The van der Waals surface area contributed by atoms with Gasteiger partial charge in [0.2, 0.25) is 5.09 Å². The van der Waals surface area contributed by atoms with Crippen LogP contribution in [0.2, 0.25) is 0 Å². The lowest BCUT2D eigenvalue weighted by Gasteiger charge is -2.26. The summed E-state index contributed by atoms with van der Waals surface area (Å²) in [5, 5.41) is 11.4. The number of hydrogen-bond donors (Lipinski definition) is 3. The molecule has 0 aliphatic carbocycles. The molecule has 0 aliphatic heterocycles. The molecule has 0 spiro atoms. The molecule has 0 saturated carbocycles. The molecule has 3 N–H and O–H groups in total. The summed E-state index contributed by atoms with van der Waals surface area (Å²) in [4.78, 5) is 24.3. The monoisotopic (exact) mass is 384 g/mol. The summed E-state index contributed by atoms with van der Waals surface area (Å²) in [5.74, 6) is -2.77. The number of hydrogen-bond acceptors (Lipinski definition) is 5. The molecule has 8 nitrogen and oxygen atoms in total. The molecule has 0 fully saturated rings. The van der Waals surface area contributed by atoms with Crippen molar-refractivity contribution in [3.05, 3.63) is 53.0 Å². The van der Waals surface area contributed by atoms with Crippen molar-refractivity contribution in [3.8, 4) is 0 Å². The highest BCUT2D eigenvalue weighted by atomic mass is 32.2. The van der Waals surface area contributed by atoms with E-state index in [1.807, 2.05) is 0 Å². The predicted molar refractivity (Wildman–Crippen MR) is 88.5 cm³/mol. The Morgan fingerprint density at radius 1 is 1.23 bits per heavy atom. The van der Waals surface area contributed by atoms with Crippen LogP contribution in [0.15, 0.2) is 39.8 Å².